The summed E-state index contributed by atoms with van der Waals surface area (Å²) in [6.45, 7) is 0. The summed E-state index contributed by atoms with van der Waals surface area (Å²) in [5.74, 6) is 1.70. The lowest BCUT2D eigenvalue weighted by atomic mass is 9.81. The average Bonchev–Trinajstić information content (AvgIpc) is 3.06. The molecule has 0 radical (unpaired) electrons. The van der Waals surface area contributed by atoms with Crippen molar-refractivity contribution in [1.29, 1.82) is 0 Å². The van der Waals surface area contributed by atoms with Crippen LogP contribution in [0.1, 0.15) is 73.7 Å². The summed E-state index contributed by atoms with van der Waals surface area (Å²) in [7, 11) is 0. The fourth-order valence-corrected chi connectivity index (χ4v) is 4.00. The summed E-state index contributed by atoms with van der Waals surface area (Å²) in [5.41, 5.74) is 8.91. The van der Waals surface area contributed by atoms with Gasteiger partial charge in [-0.1, -0.05) is 48.7 Å². The standard InChI is InChI=1S/C18H23N3O/c19-18(11-4-1-5-12-18)17-20-16(22-21-17)15-10-6-8-13-7-2-3-9-14(13)15/h2-3,7,9,15H,1,4-6,8,10-12,19H2. The summed E-state index contributed by atoms with van der Waals surface area (Å²) < 4.78 is 5.64. The maximum Gasteiger partial charge on any atom is 0.234 e. The third-order valence-electron chi connectivity index (χ3n) is 5.30. The Balaban J connectivity index is 1.65. The van der Waals surface area contributed by atoms with E-state index in [9.17, 15) is 0 Å². The fraction of sp³-hybridized carbons (Fsp3) is 0.556. The molecule has 0 aliphatic heterocycles. The van der Waals surface area contributed by atoms with Crippen LogP contribution in [0.25, 0.3) is 0 Å². The van der Waals surface area contributed by atoms with Crippen molar-refractivity contribution in [2.24, 2.45) is 5.73 Å². The van der Waals surface area contributed by atoms with Crippen LogP contribution >= 0.6 is 0 Å². The molecule has 0 spiro atoms. The zero-order chi connectivity index (χ0) is 15.0. The highest BCUT2D eigenvalue weighted by atomic mass is 16.5. The molecule has 22 heavy (non-hydrogen) atoms. The highest BCUT2D eigenvalue weighted by Gasteiger charge is 2.36. The summed E-state index contributed by atoms with van der Waals surface area (Å²) in [5, 5.41) is 4.25. The smallest absolute Gasteiger partial charge is 0.234 e. The molecule has 2 aliphatic rings. The normalized spacial score (nSPS) is 24.0. The van der Waals surface area contributed by atoms with Gasteiger partial charge >= 0.3 is 0 Å². The first kappa shape index (κ1) is 13.9. The number of benzene rings is 1. The Morgan fingerprint density at radius 2 is 1.91 bits per heavy atom. The van der Waals surface area contributed by atoms with Gasteiger partial charge in [0.1, 0.15) is 0 Å². The second-order valence-electron chi connectivity index (χ2n) is 6.82. The van der Waals surface area contributed by atoms with Crippen molar-refractivity contribution < 1.29 is 4.52 Å². The maximum atomic E-state index is 6.53. The zero-order valence-corrected chi connectivity index (χ0v) is 12.9. The molecule has 1 saturated carbocycles. The van der Waals surface area contributed by atoms with E-state index in [2.05, 4.69) is 29.4 Å². The Kier molecular flexibility index (Phi) is 3.49. The van der Waals surface area contributed by atoms with Gasteiger partial charge in [0.05, 0.1) is 11.5 Å². The molecule has 4 heteroatoms. The van der Waals surface area contributed by atoms with Crippen LogP contribution in [0.2, 0.25) is 0 Å². The molecule has 4 nitrogen and oxygen atoms in total. The van der Waals surface area contributed by atoms with Crippen LogP contribution in [-0.4, -0.2) is 10.1 Å². The molecule has 2 aromatic rings. The predicted octanol–water partition coefficient (Wildman–Crippen LogP) is 3.66. The molecule has 1 unspecified atom stereocenters. The van der Waals surface area contributed by atoms with Gasteiger partial charge in [-0.3, -0.25) is 0 Å². The van der Waals surface area contributed by atoms with Gasteiger partial charge in [0.25, 0.3) is 0 Å². The molecule has 0 bridgehead atoms. The molecule has 0 saturated heterocycles. The number of fused-ring (bicyclic) bond motifs is 1. The number of hydrogen-bond acceptors (Lipinski definition) is 4. The van der Waals surface area contributed by atoms with Crippen LogP contribution in [0.15, 0.2) is 28.8 Å². The average molecular weight is 297 g/mol. The van der Waals surface area contributed by atoms with E-state index in [1.165, 1.54) is 24.0 Å². The molecule has 1 fully saturated rings. The number of aromatic nitrogens is 2. The van der Waals surface area contributed by atoms with Crippen molar-refractivity contribution in [3.8, 4) is 0 Å². The second kappa shape index (κ2) is 5.51. The van der Waals surface area contributed by atoms with Gasteiger partial charge in [-0.2, -0.15) is 4.98 Å². The molecule has 1 aromatic heterocycles. The number of nitrogens with two attached hydrogens (primary N) is 1. The molecule has 4 rings (SSSR count). The first-order valence-corrected chi connectivity index (χ1v) is 8.47. The molecular formula is C18H23N3O. The first-order valence-electron chi connectivity index (χ1n) is 8.47. The zero-order valence-electron chi connectivity index (χ0n) is 12.9. The topological polar surface area (TPSA) is 64.9 Å². The summed E-state index contributed by atoms with van der Waals surface area (Å²) in [4.78, 5) is 4.73. The highest BCUT2D eigenvalue weighted by Crippen LogP contribution is 2.38. The third kappa shape index (κ3) is 2.35. The Morgan fingerprint density at radius 1 is 1.09 bits per heavy atom. The summed E-state index contributed by atoms with van der Waals surface area (Å²) in [6.07, 6.45) is 8.91. The molecular weight excluding hydrogens is 274 g/mol. The summed E-state index contributed by atoms with van der Waals surface area (Å²) >= 11 is 0. The molecule has 1 heterocycles. The quantitative estimate of drug-likeness (QED) is 0.918. The summed E-state index contributed by atoms with van der Waals surface area (Å²) in [6, 6.07) is 8.61. The third-order valence-corrected chi connectivity index (χ3v) is 5.30. The van der Waals surface area contributed by atoms with Crippen LogP contribution in [0, 0.1) is 0 Å². The van der Waals surface area contributed by atoms with Gasteiger partial charge in [-0.25, -0.2) is 0 Å². The van der Waals surface area contributed by atoms with Crippen molar-refractivity contribution >= 4 is 0 Å². The minimum Gasteiger partial charge on any atom is -0.339 e. The molecule has 0 amide bonds. The van der Waals surface area contributed by atoms with Crippen LogP contribution in [0.3, 0.4) is 0 Å². The van der Waals surface area contributed by atoms with Crippen LogP contribution < -0.4 is 5.73 Å². The lowest BCUT2D eigenvalue weighted by molar-refractivity contribution is 0.272. The first-order chi connectivity index (χ1) is 10.8. The highest BCUT2D eigenvalue weighted by molar-refractivity contribution is 5.35. The van der Waals surface area contributed by atoms with E-state index in [4.69, 9.17) is 15.2 Å². The van der Waals surface area contributed by atoms with Gasteiger partial charge in [0.15, 0.2) is 5.82 Å². The Bertz CT molecular complexity index is 658. The Labute approximate surface area is 131 Å². The SMILES string of the molecule is NC1(c2noc(C3CCCc4ccccc43)n2)CCCCC1. The monoisotopic (exact) mass is 297 g/mol. The minimum absolute atomic E-state index is 0.235. The van der Waals surface area contributed by atoms with E-state index in [1.54, 1.807) is 0 Å². The predicted molar refractivity (Wildman–Crippen MR) is 84.5 cm³/mol. The maximum absolute atomic E-state index is 6.53. The molecule has 2 aliphatic carbocycles. The van der Waals surface area contributed by atoms with Crippen molar-refractivity contribution in [3.05, 3.63) is 47.1 Å². The lowest BCUT2D eigenvalue weighted by Gasteiger charge is -2.29. The van der Waals surface area contributed by atoms with E-state index in [1.807, 2.05) is 0 Å². The van der Waals surface area contributed by atoms with E-state index in [-0.39, 0.29) is 11.5 Å². The lowest BCUT2D eigenvalue weighted by Crippen LogP contribution is -2.39. The molecule has 116 valence electrons. The van der Waals surface area contributed by atoms with E-state index in [0.29, 0.717) is 5.82 Å². The largest absolute Gasteiger partial charge is 0.339 e. The van der Waals surface area contributed by atoms with E-state index < -0.39 is 0 Å². The van der Waals surface area contributed by atoms with Crippen molar-refractivity contribution in [1.82, 2.24) is 10.1 Å². The minimum atomic E-state index is -0.381. The van der Waals surface area contributed by atoms with Crippen molar-refractivity contribution in [2.45, 2.75) is 62.8 Å². The van der Waals surface area contributed by atoms with Gasteiger partial charge in [0, 0.05) is 0 Å². The van der Waals surface area contributed by atoms with Crippen molar-refractivity contribution in [3.63, 3.8) is 0 Å². The fourth-order valence-electron chi connectivity index (χ4n) is 4.00. The Hall–Kier alpha value is -1.68. The van der Waals surface area contributed by atoms with Crippen LogP contribution in [-0.2, 0) is 12.0 Å². The van der Waals surface area contributed by atoms with Gasteiger partial charge in [-0.15, -0.1) is 0 Å². The van der Waals surface area contributed by atoms with Gasteiger partial charge in [0.2, 0.25) is 5.89 Å². The second-order valence-corrected chi connectivity index (χ2v) is 6.82. The number of nitrogens with zero attached hydrogens (tertiary/aromatic N) is 2. The van der Waals surface area contributed by atoms with Gasteiger partial charge in [-0.05, 0) is 43.2 Å². The van der Waals surface area contributed by atoms with Crippen molar-refractivity contribution in [2.75, 3.05) is 0 Å². The van der Waals surface area contributed by atoms with Crippen LogP contribution in [0.5, 0.6) is 0 Å². The van der Waals surface area contributed by atoms with Crippen LogP contribution in [0.4, 0.5) is 0 Å². The van der Waals surface area contributed by atoms with E-state index in [0.717, 1.165) is 44.4 Å². The number of rotatable bonds is 2. The Morgan fingerprint density at radius 3 is 2.77 bits per heavy atom. The number of hydrogen-bond donors (Lipinski definition) is 1. The molecule has 1 aromatic carbocycles. The van der Waals surface area contributed by atoms with E-state index >= 15 is 0 Å². The van der Waals surface area contributed by atoms with Gasteiger partial charge < -0.3 is 10.3 Å². The number of aryl methyl sites for hydroxylation is 1. The molecule has 2 N–H and O–H groups in total. The molecule has 1 atom stereocenters.